The Balaban J connectivity index is 2.18. The largest absolute Gasteiger partial charge is 0.508 e. The van der Waals surface area contributed by atoms with Gasteiger partial charge in [0.1, 0.15) is 13.2 Å². The number of amides is 1. The molecule has 0 atom stereocenters. The van der Waals surface area contributed by atoms with Crippen molar-refractivity contribution >= 4 is 17.7 Å². The molecule has 0 fully saturated rings. The molecule has 0 saturated heterocycles. The van der Waals surface area contributed by atoms with Gasteiger partial charge < -0.3 is 19.3 Å². The van der Waals surface area contributed by atoms with Gasteiger partial charge in [-0.3, -0.25) is 4.79 Å². The number of aryl methyl sites for hydroxylation is 2. The lowest BCUT2D eigenvalue weighted by Crippen LogP contribution is -2.54. The predicted molar refractivity (Wildman–Crippen MR) is 154 cm³/mol. The van der Waals surface area contributed by atoms with Gasteiger partial charge in [-0.1, -0.05) is 95.8 Å². The minimum atomic E-state index is -0.603. The van der Waals surface area contributed by atoms with Crippen LogP contribution in [0.25, 0.3) is 0 Å². The molecular weight excluding hydrogens is 464 g/mol. The Kier molecular flexibility index (Phi) is 17.8. The van der Waals surface area contributed by atoms with Crippen molar-refractivity contribution in [1.82, 2.24) is 0 Å². The number of hydrogen-bond donors (Lipinski definition) is 1. The van der Waals surface area contributed by atoms with E-state index in [9.17, 15) is 9.59 Å². The highest BCUT2D eigenvalue weighted by Crippen LogP contribution is 2.20. The molecule has 0 aromatic heterocycles. The van der Waals surface area contributed by atoms with Gasteiger partial charge in [0.15, 0.2) is 6.54 Å². The normalized spacial score (nSPS) is 11.4. The van der Waals surface area contributed by atoms with Gasteiger partial charge in [-0.15, -0.1) is 0 Å². The van der Waals surface area contributed by atoms with Crippen LogP contribution in [-0.4, -0.2) is 55.9 Å². The number of nitrogens with zero attached hydrogens (tertiary/aromatic N) is 1. The fraction of sp³-hybridized carbons (Fsp3) is 0.742. The highest BCUT2D eigenvalue weighted by Gasteiger charge is 2.28. The molecule has 1 rings (SSSR count). The van der Waals surface area contributed by atoms with Gasteiger partial charge in [0.25, 0.3) is 5.91 Å². The molecule has 1 aromatic rings. The molecule has 37 heavy (non-hydrogen) atoms. The maximum atomic E-state index is 12.8. The van der Waals surface area contributed by atoms with Crippen LogP contribution in [-0.2, 0) is 14.3 Å². The van der Waals surface area contributed by atoms with Crippen molar-refractivity contribution in [3.63, 3.8) is 0 Å². The average molecular weight is 520 g/mol. The first-order chi connectivity index (χ1) is 17.9. The molecule has 0 saturated carbocycles. The fourth-order valence-electron chi connectivity index (χ4n) is 4.80. The van der Waals surface area contributed by atoms with Gasteiger partial charge in [-0.2, -0.15) is 0 Å². The number of nitrogens with one attached hydrogen (secondary N) is 1. The van der Waals surface area contributed by atoms with Gasteiger partial charge in [0.05, 0.1) is 19.7 Å². The van der Waals surface area contributed by atoms with Crippen LogP contribution in [0.4, 0.5) is 10.5 Å². The first kappa shape index (κ1) is 32.9. The third-order valence-corrected chi connectivity index (χ3v) is 7.57. The number of likely N-dealkylation sites (N-methyl/N-ethyl adjacent to an activating group) is 1. The average Bonchev–Trinajstić information content (AvgIpc) is 2.88. The van der Waals surface area contributed by atoms with Gasteiger partial charge in [0.2, 0.25) is 0 Å². The van der Waals surface area contributed by atoms with Crippen molar-refractivity contribution < 1.29 is 23.5 Å². The van der Waals surface area contributed by atoms with Gasteiger partial charge in [-0.25, -0.2) is 4.79 Å². The molecule has 1 N–H and O–H groups in total. The second-order valence-corrected chi connectivity index (χ2v) is 10.5. The van der Waals surface area contributed by atoms with Crippen molar-refractivity contribution in [2.24, 2.45) is 0 Å². The van der Waals surface area contributed by atoms with E-state index in [-0.39, 0.29) is 12.5 Å². The second-order valence-electron chi connectivity index (χ2n) is 10.5. The maximum Gasteiger partial charge on any atom is 0.508 e. The number of carbonyl (C=O) groups excluding carboxylic acids is 2. The van der Waals surface area contributed by atoms with Crippen molar-refractivity contribution in [2.45, 2.75) is 112 Å². The summed E-state index contributed by atoms with van der Waals surface area (Å²) in [5, 5.41) is 3.08. The summed E-state index contributed by atoms with van der Waals surface area (Å²) < 4.78 is 11.2. The van der Waals surface area contributed by atoms with Crippen LogP contribution in [0.3, 0.4) is 0 Å². The van der Waals surface area contributed by atoms with E-state index in [2.05, 4.69) is 26.1 Å². The van der Waals surface area contributed by atoms with Crippen LogP contribution in [0.1, 0.15) is 109 Å². The third kappa shape index (κ3) is 14.4. The SMILES string of the molecule is CCCCCCCCCCCCCCOC(=O)OCC[N+](CC)(CC)CC(=O)Nc1c(C)cccc1C. The lowest BCUT2D eigenvalue weighted by Gasteiger charge is -2.35. The molecule has 0 spiro atoms. The Bertz CT molecular complexity index is 741. The van der Waals surface area contributed by atoms with Crippen LogP contribution >= 0.6 is 0 Å². The predicted octanol–water partition coefficient (Wildman–Crippen LogP) is 7.95. The van der Waals surface area contributed by atoms with Crippen LogP contribution in [0, 0.1) is 13.8 Å². The summed E-state index contributed by atoms with van der Waals surface area (Å²) in [6.45, 7) is 13.6. The molecule has 0 unspecified atom stereocenters. The van der Waals surface area contributed by atoms with E-state index in [1.807, 2.05) is 32.0 Å². The van der Waals surface area contributed by atoms with Crippen molar-refractivity contribution in [1.29, 1.82) is 0 Å². The Hall–Kier alpha value is -2.08. The highest BCUT2D eigenvalue weighted by atomic mass is 16.7. The number of hydrogen-bond acceptors (Lipinski definition) is 4. The number of unbranched alkanes of at least 4 members (excludes halogenated alkanes) is 11. The van der Waals surface area contributed by atoms with E-state index in [0.29, 0.717) is 24.2 Å². The van der Waals surface area contributed by atoms with E-state index in [1.165, 1.54) is 64.2 Å². The van der Waals surface area contributed by atoms with Gasteiger partial charge >= 0.3 is 6.16 Å². The second kappa shape index (κ2) is 20.0. The minimum absolute atomic E-state index is 0.0179. The summed E-state index contributed by atoms with van der Waals surface area (Å²) in [5.41, 5.74) is 2.99. The van der Waals surface area contributed by atoms with Gasteiger partial charge in [-0.05, 0) is 45.2 Å². The highest BCUT2D eigenvalue weighted by molar-refractivity contribution is 5.93. The van der Waals surface area contributed by atoms with Crippen molar-refractivity contribution in [3.8, 4) is 0 Å². The Morgan fingerprint density at radius 2 is 1.22 bits per heavy atom. The molecule has 0 bridgehead atoms. The number of rotatable bonds is 21. The quantitative estimate of drug-likeness (QED) is 0.102. The summed E-state index contributed by atoms with van der Waals surface area (Å²) in [7, 11) is 0. The molecule has 1 amide bonds. The Morgan fingerprint density at radius 1 is 0.730 bits per heavy atom. The lowest BCUT2D eigenvalue weighted by molar-refractivity contribution is -0.917. The van der Waals surface area contributed by atoms with Crippen molar-refractivity contribution in [2.75, 3.05) is 44.7 Å². The molecule has 212 valence electrons. The summed E-state index contributed by atoms with van der Waals surface area (Å²) >= 11 is 0. The number of para-hydroxylation sites is 1. The van der Waals surface area contributed by atoms with Crippen molar-refractivity contribution in [3.05, 3.63) is 29.3 Å². The van der Waals surface area contributed by atoms with E-state index in [1.54, 1.807) is 0 Å². The lowest BCUT2D eigenvalue weighted by atomic mass is 10.1. The standard InChI is InChI=1S/C31H54N2O4/c1-6-9-10-11-12-13-14-15-16-17-18-19-24-36-31(35)37-25-23-33(7-2,8-3)26-29(34)32-30-27(4)21-20-22-28(30)5/h20-22H,6-19,23-26H2,1-5H3/p+1. The van der Waals surface area contributed by atoms with Crippen LogP contribution in [0.5, 0.6) is 0 Å². The molecule has 0 heterocycles. The summed E-state index contributed by atoms with van der Waals surface area (Å²) in [5.74, 6) is -0.0179. The minimum Gasteiger partial charge on any atom is -0.434 e. The molecule has 0 aliphatic rings. The fourth-order valence-corrected chi connectivity index (χ4v) is 4.80. The summed E-state index contributed by atoms with van der Waals surface area (Å²) in [6, 6.07) is 6.00. The summed E-state index contributed by atoms with van der Waals surface area (Å²) in [4.78, 5) is 24.9. The molecule has 1 aromatic carbocycles. The number of anilines is 1. The van der Waals surface area contributed by atoms with Crippen LogP contribution < -0.4 is 5.32 Å². The molecule has 6 nitrogen and oxygen atoms in total. The molecule has 0 aliphatic carbocycles. The zero-order valence-electron chi connectivity index (χ0n) is 24.5. The first-order valence-corrected chi connectivity index (χ1v) is 14.9. The molecule has 0 radical (unpaired) electrons. The van der Waals surface area contributed by atoms with E-state index in [0.717, 1.165) is 42.7 Å². The van der Waals surface area contributed by atoms with Crippen LogP contribution in [0.15, 0.2) is 18.2 Å². The summed E-state index contributed by atoms with van der Waals surface area (Å²) in [6.07, 6.45) is 14.7. The number of carbonyl (C=O) groups is 2. The van der Waals surface area contributed by atoms with Gasteiger partial charge in [0, 0.05) is 5.69 Å². The molecule has 0 aliphatic heterocycles. The Morgan fingerprint density at radius 3 is 1.73 bits per heavy atom. The van der Waals surface area contributed by atoms with E-state index < -0.39 is 6.16 Å². The smallest absolute Gasteiger partial charge is 0.434 e. The van der Waals surface area contributed by atoms with Crippen LogP contribution in [0.2, 0.25) is 0 Å². The third-order valence-electron chi connectivity index (χ3n) is 7.57. The first-order valence-electron chi connectivity index (χ1n) is 14.9. The van der Waals surface area contributed by atoms with E-state index >= 15 is 0 Å². The Labute approximate surface area is 227 Å². The zero-order valence-corrected chi connectivity index (χ0v) is 24.5. The van der Waals surface area contributed by atoms with E-state index in [4.69, 9.17) is 9.47 Å². The monoisotopic (exact) mass is 519 g/mol. The zero-order chi connectivity index (χ0) is 27.4. The topological polar surface area (TPSA) is 64.6 Å². The number of quaternary nitrogens is 1. The number of ether oxygens (including phenoxy) is 2. The number of benzene rings is 1. The molecular formula is C31H55N2O4+. The molecule has 6 heteroatoms. The maximum absolute atomic E-state index is 12.8.